The SMILES string of the molecule is CC1CC(C(=O)O)C(C(O)c2ccc3c(c2)COC3)C1. The fourth-order valence-corrected chi connectivity index (χ4v) is 3.59. The van der Waals surface area contributed by atoms with Gasteiger partial charge in [0, 0.05) is 5.92 Å². The first-order valence-electron chi connectivity index (χ1n) is 7.16. The Morgan fingerprint density at radius 3 is 2.80 bits per heavy atom. The van der Waals surface area contributed by atoms with Crippen molar-refractivity contribution in [2.45, 2.75) is 39.1 Å². The highest BCUT2D eigenvalue weighted by Crippen LogP contribution is 2.43. The lowest BCUT2D eigenvalue weighted by atomic mass is 9.86. The highest BCUT2D eigenvalue weighted by atomic mass is 16.5. The Morgan fingerprint density at radius 1 is 1.30 bits per heavy atom. The molecule has 4 atom stereocenters. The molecule has 0 saturated heterocycles. The Bertz CT molecular complexity index is 525. The molecule has 2 aliphatic rings. The number of carbonyl (C=O) groups is 1. The van der Waals surface area contributed by atoms with E-state index in [0.29, 0.717) is 25.6 Å². The number of aliphatic hydroxyl groups is 1. The first kappa shape index (κ1) is 13.6. The zero-order valence-electron chi connectivity index (χ0n) is 11.6. The molecule has 1 aromatic carbocycles. The van der Waals surface area contributed by atoms with Gasteiger partial charge in [0.15, 0.2) is 0 Å². The van der Waals surface area contributed by atoms with Gasteiger partial charge in [0.05, 0.1) is 25.2 Å². The lowest BCUT2D eigenvalue weighted by Gasteiger charge is -2.23. The van der Waals surface area contributed by atoms with Gasteiger partial charge < -0.3 is 14.9 Å². The number of hydrogen-bond acceptors (Lipinski definition) is 3. The lowest BCUT2D eigenvalue weighted by Crippen LogP contribution is -2.24. The fraction of sp³-hybridized carbons (Fsp3) is 0.562. The number of ether oxygens (including phenoxy) is 1. The third kappa shape index (κ3) is 2.34. The Labute approximate surface area is 118 Å². The summed E-state index contributed by atoms with van der Waals surface area (Å²) >= 11 is 0. The van der Waals surface area contributed by atoms with Crippen molar-refractivity contribution in [1.82, 2.24) is 0 Å². The largest absolute Gasteiger partial charge is 0.481 e. The molecular weight excluding hydrogens is 256 g/mol. The number of carboxylic acids is 1. The van der Waals surface area contributed by atoms with Crippen molar-refractivity contribution in [1.29, 1.82) is 0 Å². The van der Waals surface area contributed by atoms with E-state index in [-0.39, 0.29) is 5.92 Å². The van der Waals surface area contributed by atoms with Gasteiger partial charge in [0.2, 0.25) is 0 Å². The molecule has 0 spiro atoms. The summed E-state index contributed by atoms with van der Waals surface area (Å²) in [6.07, 6.45) is 0.726. The highest BCUT2D eigenvalue weighted by molar-refractivity contribution is 5.71. The van der Waals surface area contributed by atoms with Crippen molar-refractivity contribution < 1.29 is 19.7 Å². The van der Waals surface area contributed by atoms with Crippen molar-refractivity contribution >= 4 is 5.97 Å². The Hall–Kier alpha value is -1.39. The monoisotopic (exact) mass is 276 g/mol. The van der Waals surface area contributed by atoms with E-state index in [2.05, 4.69) is 6.92 Å². The number of carboxylic acid groups (broad SMARTS) is 1. The smallest absolute Gasteiger partial charge is 0.306 e. The van der Waals surface area contributed by atoms with Crippen LogP contribution in [0.5, 0.6) is 0 Å². The zero-order valence-corrected chi connectivity index (χ0v) is 11.6. The van der Waals surface area contributed by atoms with Crippen LogP contribution in [0.3, 0.4) is 0 Å². The van der Waals surface area contributed by atoms with Crippen molar-refractivity contribution in [3.8, 4) is 0 Å². The van der Waals surface area contributed by atoms with Crippen LogP contribution in [0.1, 0.15) is 42.6 Å². The van der Waals surface area contributed by atoms with Crippen LogP contribution in [0.25, 0.3) is 0 Å². The molecule has 0 aromatic heterocycles. The van der Waals surface area contributed by atoms with E-state index >= 15 is 0 Å². The molecule has 0 amide bonds. The maximum Gasteiger partial charge on any atom is 0.306 e. The molecule has 2 N–H and O–H groups in total. The van der Waals surface area contributed by atoms with Crippen LogP contribution in [0.2, 0.25) is 0 Å². The molecule has 1 aliphatic carbocycles. The van der Waals surface area contributed by atoms with Gasteiger partial charge >= 0.3 is 5.97 Å². The average Bonchev–Trinajstić information content (AvgIpc) is 3.02. The van der Waals surface area contributed by atoms with Crippen molar-refractivity contribution in [3.05, 3.63) is 34.9 Å². The molecule has 1 saturated carbocycles. The molecule has 20 heavy (non-hydrogen) atoms. The van der Waals surface area contributed by atoms with Crippen molar-refractivity contribution in [3.63, 3.8) is 0 Å². The maximum absolute atomic E-state index is 11.3. The molecule has 4 nitrogen and oxygen atoms in total. The molecule has 4 heteroatoms. The van der Waals surface area contributed by atoms with Gasteiger partial charge in [0.25, 0.3) is 0 Å². The van der Waals surface area contributed by atoms with Gasteiger partial charge in [0.1, 0.15) is 0 Å². The molecule has 0 radical (unpaired) electrons. The van der Waals surface area contributed by atoms with E-state index in [1.165, 1.54) is 0 Å². The molecular formula is C16H20O4. The fourth-order valence-electron chi connectivity index (χ4n) is 3.59. The summed E-state index contributed by atoms with van der Waals surface area (Å²) in [5, 5.41) is 19.9. The molecule has 1 fully saturated rings. The lowest BCUT2D eigenvalue weighted by molar-refractivity contribution is -0.144. The molecule has 1 heterocycles. The summed E-state index contributed by atoms with van der Waals surface area (Å²) in [5.74, 6) is -1.07. The van der Waals surface area contributed by atoms with Crippen LogP contribution in [-0.2, 0) is 22.7 Å². The van der Waals surface area contributed by atoms with Gasteiger partial charge in [-0.15, -0.1) is 0 Å². The van der Waals surface area contributed by atoms with Crippen LogP contribution in [0, 0.1) is 17.8 Å². The van der Waals surface area contributed by atoms with E-state index in [1.54, 1.807) is 0 Å². The van der Waals surface area contributed by atoms with Crippen molar-refractivity contribution in [2.24, 2.45) is 17.8 Å². The summed E-state index contributed by atoms with van der Waals surface area (Å²) in [5.41, 5.74) is 3.09. The van der Waals surface area contributed by atoms with Gasteiger partial charge in [-0.2, -0.15) is 0 Å². The summed E-state index contributed by atoms with van der Waals surface area (Å²) in [7, 11) is 0. The van der Waals surface area contributed by atoms with E-state index in [1.807, 2.05) is 18.2 Å². The van der Waals surface area contributed by atoms with Gasteiger partial charge in [-0.3, -0.25) is 4.79 Å². The van der Waals surface area contributed by atoms with E-state index < -0.39 is 18.0 Å². The highest BCUT2D eigenvalue weighted by Gasteiger charge is 2.41. The van der Waals surface area contributed by atoms with Crippen molar-refractivity contribution in [2.75, 3.05) is 0 Å². The minimum atomic E-state index is -0.789. The van der Waals surface area contributed by atoms with Crippen LogP contribution in [0.4, 0.5) is 0 Å². The van der Waals surface area contributed by atoms with E-state index in [4.69, 9.17) is 4.74 Å². The second-order valence-corrected chi connectivity index (χ2v) is 6.15. The number of benzene rings is 1. The minimum absolute atomic E-state index is 0.192. The number of rotatable bonds is 3. The van der Waals surface area contributed by atoms with Crippen LogP contribution in [-0.4, -0.2) is 16.2 Å². The van der Waals surface area contributed by atoms with E-state index in [0.717, 1.165) is 23.1 Å². The minimum Gasteiger partial charge on any atom is -0.481 e. The van der Waals surface area contributed by atoms with E-state index in [9.17, 15) is 15.0 Å². The number of aliphatic hydroxyl groups excluding tert-OH is 1. The third-order valence-corrected chi connectivity index (χ3v) is 4.66. The van der Waals surface area contributed by atoms with Gasteiger partial charge in [-0.1, -0.05) is 25.1 Å². The Morgan fingerprint density at radius 2 is 2.05 bits per heavy atom. The Kier molecular flexibility index (Phi) is 3.52. The predicted octanol–water partition coefficient (Wildman–Crippen LogP) is 2.50. The molecule has 1 aliphatic heterocycles. The maximum atomic E-state index is 11.3. The second kappa shape index (κ2) is 5.19. The van der Waals surface area contributed by atoms with Crippen LogP contribution < -0.4 is 0 Å². The summed E-state index contributed by atoms with van der Waals surface area (Å²) in [4.78, 5) is 11.3. The third-order valence-electron chi connectivity index (χ3n) is 4.66. The topological polar surface area (TPSA) is 66.8 Å². The molecule has 1 aromatic rings. The standard InChI is InChI=1S/C16H20O4/c1-9-4-13(14(5-9)16(18)19)15(17)10-2-3-11-7-20-8-12(11)6-10/h2-3,6,9,13-15,17H,4-5,7-8H2,1H3,(H,18,19). The quantitative estimate of drug-likeness (QED) is 0.890. The Balaban J connectivity index is 1.84. The van der Waals surface area contributed by atoms with Gasteiger partial charge in [-0.25, -0.2) is 0 Å². The van der Waals surface area contributed by atoms with Crippen LogP contribution in [0.15, 0.2) is 18.2 Å². The predicted molar refractivity (Wildman–Crippen MR) is 72.9 cm³/mol. The number of fused-ring (bicyclic) bond motifs is 1. The molecule has 4 unspecified atom stereocenters. The normalized spacial score (nSPS) is 30.2. The first-order valence-corrected chi connectivity index (χ1v) is 7.16. The van der Waals surface area contributed by atoms with Gasteiger partial charge in [-0.05, 0) is 35.4 Å². The summed E-state index contributed by atoms with van der Waals surface area (Å²) < 4.78 is 5.38. The first-order chi connectivity index (χ1) is 9.56. The van der Waals surface area contributed by atoms with Crippen LogP contribution >= 0.6 is 0 Å². The number of hydrogen-bond donors (Lipinski definition) is 2. The summed E-state index contributed by atoms with van der Waals surface area (Å²) in [6.45, 7) is 3.27. The molecule has 108 valence electrons. The molecule has 0 bridgehead atoms. The average molecular weight is 276 g/mol. The second-order valence-electron chi connectivity index (χ2n) is 6.15. The number of aliphatic carboxylic acids is 1. The summed E-state index contributed by atoms with van der Waals surface area (Å²) in [6, 6.07) is 5.85. The molecule has 3 rings (SSSR count). The zero-order chi connectivity index (χ0) is 14.3.